The predicted molar refractivity (Wildman–Crippen MR) is 85.4 cm³/mol. The molecule has 2 N–H and O–H groups in total. The average molecular weight is 298 g/mol. The number of benzene rings is 2. The Morgan fingerprint density at radius 3 is 2.50 bits per heavy atom. The topological polar surface area (TPSA) is 70.9 Å². The van der Waals surface area contributed by atoms with Crippen LogP contribution in [0, 0.1) is 0 Å². The number of hydrogen-bond acceptors (Lipinski definition) is 4. The van der Waals surface area contributed by atoms with E-state index in [1.807, 2.05) is 13.8 Å². The molecule has 0 aliphatic carbocycles. The Bertz CT molecular complexity index is 664. The lowest BCUT2D eigenvalue weighted by molar-refractivity contribution is 0.0955. The second-order valence-corrected chi connectivity index (χ2v) is 4.95. The molecule has 22 heavy (non-hydrogen) atoms. The van der Waals surface area contributed by atoms with E-state index in [1.165, 1.54) is 6.21 Å². The predicted octanol–water partition coefficient (Wildman–Crippen LogP) is 2.94. The molecule has 0 bridgehead atoms. The summed E-state index contributed by atoms with van der Waals surface area (Å²) in [5, 5.41) is 13.4. The summed E-state index contributed by atoms with van der Waals surface area (Å²) in [6.07, 6.45) is 1.48. The molecule has 5 heteroatoms. The number of para-hydroxylation sites is 1. The first-order valence-corrected chi connectivity index (χ1v) is 6.94. The number of ether oxygens (including phenoxy) is 1. The van der Waals surface area contributed by atoms with Gasteiger partial charge in [0, 0.05) is 11.1 Å². The highest BCUT2D eigenvalue weighted by atomic mass is 16.5. The lowest BCUT2D eigenvalue weighted by Crippen LogP contribution is -2.17. The van der Waals surface area contributed by atoms with Crippen molar-refractivity contribution in [1.29, 1.82) is 0 Å². The molecule has 2 aromatic rings. The van der Waals surface area contributed by atoms with Gasteiger partial charge in [0.05, 0.1) is 12.3 Å². The standard InChI is InChI=1S/C17H18N2O3/c1-12(2)22-15-9-7-13(8-10-15)17(21)19-18-11-14-5-3-4-6-16(14)20/h3-12,20H,1-2H3,(H,19,21)/b18-11+. The molecule has 0 aliphatic rings. The molecule has 0 aromatic heterocycles. The third-order valence-electron chi connectivity index (χ3n) is 2.79. The van der Waals surface area contributed by atoms with Crippen LogP contribution in [0.4, 0.5) is 0 Å². The first-order valence-electron chi connectivity index (χ1n) is 6.94. The molecule has 114 valence electrons. The molecule has 0 aliphatic heterocycles. The van der Waals surface area contributed by atoms with E-state index < -0.39 is 0 Å². The van der Waals surface area contributed by atoms with E-state index in [0.717, 1.165) is 0 Å². The van der Waals surface area contributed by atoms with Crippen molar-refractivity contribution in [2.75, 3.05) is 0 Å². The smallest absolute Gasteiger partial charge is 0.271 e. The van der Waals surface area contributed by atoms with Crippen molar-refractivity contribution < 1.29 is 14.6 Å². The van der Waals surface area contributed by atoms with Gasteiger partial charge in [-0.05, 0) is 50.2 Å². The van der Waals surface area contributed by atoms with E-state index in [0.29, 0.717) is 16.9 Å². The van der Waals surface area contributed by atoms with Gasteiger partial charge in [-0.3, -0.25) is 4.79 Å². The van der Waals surface area contributed by atoms with Crippen LogP contribution in [0.2, 0.25) is 0 Å². The summed E-state index contributed by atoms with van der Waals surface area (Å²) >= 11 is 0. The number of nitrogens with one attached hydrogen (secondary N) is 1. The Balaban J connectivity index is 1.96. The van der Waals surface area contributed by atoms with E-state index in [2.05, 4.69) is 10.5 Å². The van der Waals surface area contributed by atoms with Crippen LogP contribution in [0.3, 0.4) is 0 Å². The van der Waals surface area contributed by atoms with Crippen LogP contribution in [0.25, 0.3) is 0 Å². The lowest BCUT2D eigenvalue weighted by atomic mass is 10.2. The number of carbonyl (C=O) groups excluding carboxylic acids is 1. The van der Waals surface area contributed by atoms with Crippen LogP contribution in [0.1, 0.15) is 29.8 Å². The Hall–Kier alpha value is -2.82. The molecule has 0 spiro atoms. The lowest BCUT2D eigenvalue weighted by Gasteiger charge is -2.09. The highest BCUT2D eigenvalue weighted by molar-refractivity contribution is 5.95. The fourth-order valence-corrected chi connectivity index (χ4v) is 1.78. The van der Waals surface area contributed by atoms with Crippen molar-refractivity contribution in [3.05, 3.63) is 59.7 Å². The van der Waals surface area contributed by atoms with Crippen LogP contribution in [-0.4, -0.2) is 23.3 Å². The molecule has 0 atom stereocenters. The van der Waals surface area contributed by atoms with Crippen molar-refractivity contribution in [3.63, 3.8) is 0 Å². The maximum absolute atomic E-state index is 11.9. The molecule has 1 amide bonds. The normalized spacial score (nSPS) is 10.9. The highest BCUT2D eigenvalue weighted by Gasteiger charge is 2.05. The molecule has 0 radical (unpaired) electrons. The van der Waals surface area contributed by atoms with Crippen LogP contribution < -0.4 is 10.2 Å². The number of nitrogens with zero attached hydrogens (tertiary/aromatic N) is 1. The number of phenolic OH excluding ortho intramolecular Hbond substituents is 1. The first-order chi connectivity index (χ1) is 10.6. The summed E-state index contributed by atoms with van der Waals surface area (Å²) in [6, 6.07) is 13.6. The number of hydrazone groups is 1. The van der Waals surface area contributed by atoms with Crippen molar-refractivity contribution >= 4 is 12.1 Å². The third kappa shape index (κ3) is 4.34. The molecule has 5 nitrogen and oxygen atoms in total. The minimum Gasteiger partial charge on any atom is -0.507 e. The van der Waals surface area contributed by atoms with E-state index in [-0.39, 0.29) is 17.8 Å². The van der Waals surface area contributed by atoms with Gasteiger partial charge in [0.1, 0.15) is 11.5 Å². The molecule has 0 unspecified atom stereocenters. The van der Waals surface area contributed by atoms with Gasteiger partial charge >= 0.3 is 0 Å². The number of amides is 1. The van der Waals surface area contributed by atoms with Gasteiger partial charge < -0.3 is 9.84 Å². The minimum atomic E-state index is -0.331. The van der Waals surface area contributed by atoms with Crippen LogP contribution in [-0.2, 0) is 0 Å². The molecular formula is C17H18N2O3. The number of phenols is 1. The molecule has 0 heterocycles. The largest absolute Gasteiger partial charge is 0.507 e. The summed E-state index contributed by atoms with van der Waals surface area (Å²) in [5.74, 6) is 0.489. The van der Waals surface area contributed by atoms with Gasteiger partial charge in [-0.15, -0.1) is 0 Å². The zero-order valence-electron chi connectivity index (χ0n) is 12.5. The zero-order chi connectivity index (χ0) is 15.9. The monoisotopic (exact) mass is 298 g/mol. The van der Waals surface area contributed by atoms with Crippen molar-refractivity contribution in [2.24, 2.45) is 5.10 Å². The second-order valence-electron chi connectivity index (χ2n) is 4.95. The SMILES string of the molecule is CC(C)Oc1ccc(C(=O)N/N=C/c2ccccc2O)cc1. The van der Waals surface area contributed by atoms with E-state index >= 15 is 0 Å². The molecular weight excluding hydrogens is 280 g/mol. The number of aromatic hydroxyl groups is 1. The summed E-state index contributed by atoms with van der Waals surface area (Å²) in [6.45, 7) is 3.88. The van der Waals surface area contributed by atoms with Crippen molar-refractivity contribution in [3.8, 4) is 11.5 Å². The van der Waals surface area contributed by atoms with E-state index in [4.69, 9.17) is 4.74 Å². The Labute approximate surface area is 129 Å². The van der Waals surface area contributed by atoms with Crippen molar-refractivity contribution in [1.82, 2.24) is 5.43 Å². The van der Waals surface area contributed by atoms with Gasteiger partial charge in [0.2, 0.25) is 0 Å². The summed E-state index contributed by atoms with van der Waals surface area (Å²) in [7, 11) is 0. The van der Waals surface area contributed by atoms with Gasteiger partial charge in [0.15, 0.2) is 0 Å². The Morgan fingerprint density at radius 1 is 1.18 bits per heavy atom. The minimum absolute atomic E-state index is 0.0860. The van der Waals surface area contributed by atoms with E-state index in [9.17, 15) is 9.90 Å². The summed E-state index contributed by atoms with van der Waals surface area (Å²) in [5.41, 5.74) is 3.42. The van der Waals surface area contributed by atoms with E-state index in [1.54, 1.807) is 48.5 Å². The van der Waals surface area contributed by atoms with Crippen LogP contribution in [0.15, 0.2) is 53.6 Å². The Kier molecular flexibility index (Phi) is 5.14. The molecule has 2 aromatic carbocycles. The summed E-state index contributed by atoms with van der Waals surface area (Å²) in [4.78, 5) is 11.9. The maximum atomic E-state index is 11.9. The molecule has 0 fully saturated rings. The molecule has 0 saturated heterocycles. The third-order valence-corrected chi connectivity index (χ3v) is 2.79. The number of carbonyl (C=O) groups is 1. The quantitative estimate of drug-likeness (QED) is 0.658. The van der Waals surface area contributed by atoms with Gasteiger partial charge in [-0.25, -0.2) is 5.43 Å². The molecule has 2 rings (SSSR count). The highest BCUT2D eigenvalue weighted by Crippen LogP contribution is 2.14. The second kappa shape index (κ2) is 7.26. The van der Waals surface area contributed by atoms with Crippen LogP contribution >= 0.6 is 0 Å². The Morgan fingerprint density at radius 2 is 1.86 bits per heavy atom. The van der Waals surface area contributed by atoms with Gasteiger partial charge in [-0.2, -0.15) is 5.10 Å². The number of hydrogen-bond donors (Lipinski definition) is 2. The fourth-order valence-electron chi connectivity index (χ4n) is 1.78. The fraction of sp³-hybridized carbons (Fsp3) is 0.176. The molecule has 0 saturated carbocycles. The van der Waals surface area contributed by atoms with Gasteiger partial charge in [-0.1, -0.05) is 12.1 Å². The number of rotatable bonds is 5. The summed E-state index contributed by atoms with van der Waals surface area (Å²) < 4.78 is 5.51. The van der Waals surface area contributed by atoms with Gasteiger partial charge in [0.25, 0.3) is 5.91 Å². The average Bonchev–Trinajstić information content (AvgIpc) is 2.49. The first kappa shape index (κ1) is 15.6. The maximum Gasteiger partial charge on any atom is 0.271 e. The van der Waals surface area contributed by atoms with Crippen LogP contribution in [0.5, 0.6) is 11.5 Å². The zero-order valence-corrected chi connectivity index (χ0v) is 12.5. The van der Waals surface area contributed by atoms with Crippen molar-refractivity contribution in [2.45, 2.75) is 20.0 Å².